The van der Waals surface area contributed by atoms with Crippen LogP contribution in [0.5, 0.6) is 0 Å². The van der Waals surface area contributed by atoms with Crippen LogP contribution in [0.3, 0.4) is 0 Å². The molecule has 2 saturated heterocycles. The summed E-state index contributed by atoms with van der Waals surface area (Å²) >= 11 is 1.58. The highest BCUT2D eigenvalue weighted by Crippen LogP contribution is 2.45. The van der Waals surface area contributed by atoms with Crippen LogP contribution in [0.4, 0.5) is 5.69 Å². The lowest BCUT2D eigenvalue weighted by atomic mass is 9.86. The molecule has 2 aliphatic heterocycles. The maximum absolute atomic E-state index is 13.2. The molecule has 2 N–H and O–H groups in total. The van der Waals surface area contributed by atoms with Crippen LogP contribution in [0.2, 0.25) is 0 Å². The van der Waals surface area contributed by atoms with Gasteiger partial charge in [0.25, 0.3) is 0 Å². The molecular formula is C23H29N3O2S. The second-order valence-corrected chi connectivity index (χ2v) is 9.33. The van der Waals surface area contributed by atoms with Crippen molar-refractivity contribution in [1.82, 2.24) is 10.2 Å². The number of likely N-dealkylation sites (N-methyl/N-ethyl adjacent to an activating group) is 1. The quantitative estimate of drug-likeness (QED) is 0.791. The Hall–Kier alpha value is -2.02. The third-order valence-electron chi connectivity index (χ3n) is 5.96. The van der Waals surface area contributed by atoms with E-state index in [0.717, 1.165) is 48.7 Å². The Morgan fingerprint density at radius 1 is 1.07 bits per heavy atom. The van der Waals surface area contributed by atoms with E-state index in [1.54, 1.807) is 11.8 Å². The first kappa shape index (κ1) is 20.3. The molecule has 0 bridgehead atoms. The number of hydrogen-bond acceptors (Lipinski definition) is 5. The fraction of sp³-hybridized carbons (Fsp3) is 0.435. The fourth-order valence-corrected chi connectivity index (χ4v) is 5.57. The number of piperazine rings is 1. The number of carbonyl (C=O) groups excluding carboxylic acids is 1. The zero-order valence-electron chi connectivity index (χ0n) is 16.9. The van der Waals surface area contributed by atoms with Crippen LogP contribution in [-0.2, 0) is 11.2 Å². The van der Waals surface area contributed by atoms with Gasteiger partial charge in [-0.3, -0.25) is 4.79 Å². The molecule has 0 saturated carbocycles. The highest BCUT2D eigenvalue weighted by molar-refractivity contribution is 8.01. The normalized spacial score (nSPS) is 24.2. The van der Waals surface area contributed by atoms with Crippen molar-refractivity contribution in [3.63, 3.8) is 0 Å². The van der Waals surface area contributed by atoms with Crippen LogP contribution >= 0.6 is 11.8 Å². The smallest absolute Gasteiger partial charge is 0.239 e. The molecule has 2 unspecified atom stereocenters. The van der Waals surface area contributed by atoms with E-state index in [1.807, 2.05) is 48.5 Å². The van der Waals surface area contributed by atoms with Crippen molar-refractivity contribution in [2.24, 2.45) is 0 Å². The number of rotatable bonds is 5. The Bertz CT molecular complexity index is 839. The van der Waals surface area contributed by atoms with E-state index in [2.05, 4.69) is 28.2 Å². The van der Waals surface area contributed by atoms with Gasteiger partial charge < -0.3 is 20.2 Å². The minimum absolute atomic E-state index is 0.0710. The van der Waals surface area contributed by atoms with E-state index < -0.39 is 10.9 Å². The van der Waals surface area contributed by atoms with E-state index >= 15 is 0 Å². The first-order chi connectivity index (χ1) is 14.1. The highest BCUT2D eigenvalue weighted by atomic mass is 32.2. The number of benzene rings is 2. The number of para-hydroxylation sites is 1. The van der Waals surface area contributed by atoms with E-state index in [4.69, 9.17) is 0 Å². The number of carbonyl (C=O) groups is 1. The van der Waals surface area contributed by atoms with Crippen LogP contribution < -0.4 is 10.2 Å². The predicted molar refractivity (Wildman–Crippen MR) is 119 cm³/mol. The molecule has 0 spiro atoms. The summed E-state index contributed by atoms with van der Waals surface area (Å²) in [6.07, 6.45) is -0.383. The van der Waals surface area contributed by atoms with Crippen molar-refractivity contribution >= 4 is 23.4 Å². The first-order valence-corrected chi connectivity index (χ1v) is 11.3. The van der Waals surface area contributed by atoms with Gasteiger partial charge in [0.1, 0.15) is 10.9 Å². The molecule has 5 nitrogen and oxygen atoms in total. The molecule has 0 aromatic heterocycles. The summed E-state index contributed by atoms with van der Waals surface area (Å²) < 4.78 is -0.928. The molecule has 2 aromatic rings. The van der Waals surface area contributed by atoms with Gasteiger partial charge in [-0.25, -0.2) is 0 Å². The number of aliphatic hydroxyl groups is 1. The molecule has 2 atom stereocenters. The third-order valence-corrected chi connectivity index (χ3v) is 7.43. The summed E-state index contributed by atoms with van der Waals surface area (Å²) in [5.41, 5.74) is 2.95. The molecule has 2 heterocycles. The predicted octanol–water partition coefficient (Wildman–Crippen LogP) is 2.32. The molecule has 4 rings (SSSR count). The Morgan fingerprint density at radius 2 is 1.76 bits per heavy atom. The van der Waals surface area contributed by atoms with Crippen LogP contribution in [0.25, 0.3) is 0 Å². The molecule has 29 heavy (non-hydrogen) atoms. The molecular weight excluding hydrogens is 382 g/mol. The maximum atomic E-state index is 13.2. The summed E-state index contributed by atoms with van der Waals surface area (Å²) in [6, 6.07) is 18.0. The number of nitrogens with zero attached hydrogens (tertiary/aromatic N) is 2. The van der Waals surface area contributed by atoms with Gasteiger partial charge in [-0.15, -0.1) is 11.8 Å². The Kier molecular flexibility index (Phi) is 6.13. The number of thioether (sulfide) groups is 1. The van der Waals surface area contributed by atoms with Crippen LogP contribution in [0, 0.1) is 0 Å². The largest absolute Gasteiger partial charge is 0.386 e. The standard InChI is InChI=1S/C23H29N3O2S/c1-25-12-14-26(15-13-25)20-10-6-5-9-19(20)21(27)23(22(28)24-11-16-29-23)17-18-7-3-2-4-8-18/h2-10,21,27H,11-17H2,1H3,(H,24,28). The van der Waals surface area contributed by atoms with Gasteiger partial charge in [-0.05, 0) is 25.1 Å². The summed E-state index contributed by atoms with van der Waals surface area (Å²) in [6.45, 7) is 4.48. The molecule has 2 aliphatic rings. The van der Waals surface area contributed by atoms with Crippen LogP contribution in [-0.4, -0.2) is 66.2 Å². The molecule has 0 aliphatic carbocycles. The van der Waals surface area contributed by atoms with Crippen LogP contribution in [0.1, 0.15) is 17.2 Å². The van der Waals surface area contributed by atoms with Gasteiger partial charge in [0.15, 0.2) is 0 Å². The Labute approximate surface area is 177 Å². The van der Waals surface area contributed by atoms with Crippen molar-refractivity contribution in [3.05, 3.63) is 65.7 Å². The van der Waals surface area contributed by atoms with E-state index in [0.29, 0.717) is 13.0 Å². The Morgan fingerprint density at radius 3 is 2.48 bits per heavy atom. The number of amides is 1. The van der Waals surface area contributed by atoms with Gasteiger partial charge in [0.2, 0.25) is 5.91 Å². The van der Waals surface area contributed by atoms with Crippen molar-refractivity contribution in [2.45, 2.75) is 17.3 Å². The van der Waals surface area contributed by atoms with Gasteiger partial charge in [-0.1, -0.05) is 48.5 Å². The average Bonchev–Trinajstić information content (AvgIpc) is 2.76. The number of hydrogen-bond donors (Lipinski definition) is 2. The second kappa shape index (κ2) is 8.78. The topological polar surface area (TPSA) is 55.8 Å². The molecule has 154 valence electrons. The maximum Gasteiger partial charge on any atom is 0.239 e. The first-order valence-electron chi connectivity index (χ1n) is 10.3. The SMILES string of the molecule is CN1CCN(c2ccccc2C(O)C2(Cc3ccccc3)SCCNC2=O)CC1. The number of aliphatic hydroxyl groups excluding tert-OH is 1. The molecule has 0 radical (unpaired) electrons. The second-order valence-electron chi connectivity index (χ2n) is 7.91. The van der Waals surface area contributed by atoms with Crippen molar-refractivity contribution in [3.8, 4) is 0 Å². The summed E-state index contributed by atoms with van der Waals surface area (Å²) in [5.74, 6) is 0.727. The fourth-order valence-electron chi connectivity index (χ4n) is 4.25. The lowest BCUT2D eigenvalue weighted by Gasteiger charge is -2.41. The summed E-state index contributed by atoms with van der Waals surface area (Å²) in [4.78, 5) is 17.8. The molecule has 1 amide bonds. The zero-order chi connectivity index (χ0) is 20.3. The van der Waals surface area contributed by atoms with Gasteiger partial charge in [0.05, 0.1) is 0 Å². The lowest BCUT2D eigenvalue weighted by Crippen LogP contribution is -2.54. The van der Waals surface area contributed by atoms with Crippen molar-refractivity contribution in [1.29, 1.82) is 0 Å². The van der Waals surface area contributed by atoms with Gasteiger partial charge >= 0.3 is 0 Å². The zero-order valence-corrected chi connectivity index (χ0v) is 17.7. The molecule has 6 heteroatoms. The van der Waals surface area contributed by atoms with Crippen LogP contribution in [0.15, 0.2) is 54.6 Å². The van der Waals surface area contributed by atoms with Crippen molar-refractivity contribution < 1.29 is 9.90 Å². The lowest BCUT2D eigenvalue weighted by molar-refractivity contribution is -0.126. The molecule has 2 fully saturated rings. The average molecular weight is 412 g/mol. The van der Waals surface area contributed by atoms with Gasteiger partial charge in [-0.2, -0.15) is 0 Å². The van der Waals surface area contributed by atoms with E-state index in [-0.39, 0.29) is 5.91 Å². The monoisotopic (exact) mass is 411 g/mol. The number of anilines is 1. The Balaban J connectivity index is 1.70. The van der Waals surface area contributed by atoms with Gasteiger partial charge in [0, 0.05) is 49.7 Å². The van der Waals surface area contributed by atoms with Crippen molar-refractivity contribution in [2.75, 3.05) is 50.4 Å². The highest BCUT2D eigenvalue weighted by Gasteiger charge is 2.49. The van der Waals surface area contributed by atoms with E-state index in [1.165, 1.54) is 0 Å². The van der Waals surface area contributed by atoms with E-state index in [9.17, 15) is 9.90 Å². The minimum Gasteiger partial charge on any atom is -0.386 e. The molecule has 2 aromatic carbocycles. The number of nitrogens with one attached hydrogen (secondary N) is 1. The summed E-state index contributed by atoms with van der Waals surface area (Å²) in [7, 11) is 2.13. The minimum atomic E-state index is -0.928. The third kappa shape index (κ3) is 4.15. The summed E-state index contributed by atoms with van der Waals surface area (Å²) in [5, 5.41) is 14.7.